The van der Waals surface area contributed by atoms with E-state index in [0.717, 1.165) is 12.5 Å². The molecule has 3 aromatic rings. The third kappa shape index (κ3) is 3.49. The van der Waals surface area contributed by atoms with Crippen molar-refractivity contribution in [3.8, 4) is 11.4 Å². The molecule has 5 rings (SSSR count). The molecule has 1 aromatic carbocycles. The number of alkyl halides is 3. The van der Waals surface area contributed by atoms with E-state index in [1.54, 1.807) is 6.92 Å². The molecule has 2 amide bonds. The van der Waals surface area contributed by atoms with Crippen molar-refractivity contribution in [1.29, 1.82) is 0 Å². The van der Waals surface area contributed by atoms with Crippen LogP contribution in [0.4, 0.5) is 28.0 Å². The minimum Gasteiger partial charge on any atom is -0.423 e. The lowest BCUT2D eigenvalue weighted by Gasteiger charge is -2.61. The van der Waals surface area contributed by atoms with Crippen LogP contribution in [0.3, 0.4) is 0 Å². The van der Waals surface area contributed by atoms with Gasteiger partial charge in [0.1, 0.15) is 17.7 Å². The summed E-state index contributed by atoms with van der Waals surface area (Å²) in [6.45, 7) is 3.70. The number of likely N-dealkylation sites (tertiary alicyclic amines) is 1. The number of anilines is 1. The zero-order chi connectivity index (χ0) is 24.4. The van der Waals surface area contributed by atoms with Gasteiger partial charge in [0.25, 0.3) is 0 Å². The summed E-state index contributed by atoms with van der Waals surface area (Å²) in [5.74, 6) is -0.513. The highest BCUT2D eigenvalue weighted by atomic mass is 19.4. The van der Waals surface area contributed by atoms with Crippen LogP contribution < -0.4 is 5.32 Å². The van der Waals surface area contributed by atoms with E-state index < -0.39 is 40.4 Å². The molecule has 13 heteroatoms. The van der Waals surface area contributed by atoms with Crippen LogP contribution in [0.15, 0.2) is 22.9 Å². The number of rotatable bonds is 3. The summed E-state index contributed by atoms with van der Waals surface area (Å²) in [6.07, 6.45) is -1.68. The SMILES string of the molecule is Cc1nnc([C@@]23C[C@H](C)C[C@@H](C2)N3C(=O)Nc2cc(-c3ncn(C)n3)c(C(F)(F)F)cc2F)o1. The fourth-order valence-electron chi connectivity index (χ4n) is 5.16. The molecular formula is C21H21F4N7O2. The fraction of sp³-hybridized carbons (Fsp3) is 0.476. The van der Waals surface area contributed by atoms with Gasteiger partial charge < -0.3 is 14.6 Å². The van der Waals surface area contributed by atoms with Gasteiger partial charge in [-0.1, -0.05) is 6.92 Å². The number of aromatic nitrogens is 5. The number of hydrogen-bond acceptors (Lipinski definition) is 6. The largest absolute Gasteiger partial charge is 0.423 e. The van der Waals surface area contributed by atoms with E-state index in [9.17, 15) is 22.4 Å². The number of piperidine rings is 1. The number of nitrogens with one attached hydrogen (secondary N) is 1. The molecule has 1 N–H and O–H groups in total. The fourth-order valence-corrected chi connectivity index (χ4v) is 5.16. The van der Waals surface area contributed by atoms with Crippen LogP contribution in [0.5, 0.6) is 0 Å². The first-order valence-corrected chi connectivity index (χ1v) is 10.7. The molecule has 1 saturated heterocycles. The molecule has 2 aliphatic rings. The van der Waals surface area contributed by atoms with Gasteiger partial charge in [0.05, 0.1) is 11.3 Å². The van der Waals surface area contributed by atoms with Crippen LogP contribution in [0.25, 0.3) is 11.4 Å². The summed E-state index contributed by atoms with van der Waals surface area (Å²) in [5, 5.41) is 14.3. The lowest BCUT2D eigenvalue weighted by molar-refractivity contribution is -0.137. The van der Waals surface area contributed by atoms with Crippen molar-refractivity contribution >= 4 is 11.7 Å². The molecule has 2 bridgehead atoms. The van der Waals surface area contributed by atoms with Crippen molar-refractivity contribution in [1.82, 2.24) is 29.9 Å². The normalized spacial score (nSPS) is 24.1. The van der Waals surface area contributed by atoms with Gasteiger partial charge in [-0.25, -0.2) is 14.2 Å². The zero-order valence-corrected chi connectivity index (χ0v) is 18.5. The van der Waals surface area contributed by atoms with Crippen molar-refractivity contribution in [3.63, 3.8) is 0 Å². The maximum atomic E-state index is 14.8. The summed E-state index contributed by atoms with van der Waals surface area (Å²) >= 11 is 0. The van der Waals surface area contributed by atoms with Crippen LogP contribution in [0.2, 0.25) is 0 Å². The average molecular weight is 479 g/mol. The van der Waals surface area contributed by atoms with Gasteiger partial charge in [0.15, 0.2) is 5.82 Å². The standard InChI is InChI=1S/C21H21F4N7O2/c1-10-4-12-8-20(7-10,18-29-28-11(2)34-18)32(12)19(33)27-16-5-13(17-26-9-31(3)30-17)14(6-15(16)22)21(23,24)25/h5-6,9-10,12H,4,7-8H2,1-3H3,(H,27,33)/t10-,12+,20-/m1/s1. The third-order valence-electron chi connectivity index (χ3n) is 6.40. The summed E-state index contributed by atoms with van der Waals surface area (Å²) in [6, 6.07) is 0.466. The predicted molar refractivity (Wildman–Crippen MR) is 110 cm³/mol. The Labute approximate surface area is 191 Å². The number of halogens is 4. The lowest BCUT2D eigenvalue weighted by atomic mass is 9.64. The molecule has 0 spiro atoms. The number of aryl methyl sites for hydroxylation is 2. The number of urea groups is 1. The number of fused-ring (bicyclic) bond motifs is 2. The van der Waals surface area contributed by atoms with E-state index in [1.165, 1.54) is 23.0 Å². The first kappa shape index (κ1) is 22.3. The van der Waals surface area contributed by atoms with Gasteiger partial charge in [-0.15, -0.1) is 10.2 Å². The van der Waals surface area contributed by atoms with E-state index in [4.69, 9.17) is 4.42 Å². The van der Waals surface area contributed by atoms with Gasteiger partial charge in [-0.05, 0) is 30.9 Å². The van der Waals surface area contributed by atoms with E-state index in [0.29, 0.717) is 36.6 Å². The van der Waals surface area contributed by atoms with Crippen molar-refractivity contribution < 1.29 is 26.8 Å². The quantitative estimate of drug-likeness (QED) is 0.563. The Morgan fingerprint density at radius 3 is 2.65 bits per heavy atom. The zero-order valence-electron chi connectivity index (χ0n) is 18.5. The van der Waals surface area contributed by atoms with Crippen LogP contribution in [-0.2, 0) is 18.8 Å². The van der Waals surface area contributed by atoms with Crippen molar-refractivity contribution in [2.45, 2.75) is 50.9 Å². The molecule has 180 valence electrons. The highest BCUT2D eigenvalue weighted by Gasteiger charge is 2.62. The predicted octanol–water partition coefficient (Wildman–Crippen LogP) is 4.26. The lowest BCUT2D eigenvalue weighted by Crippen LogP contribution is -2.70. The maximum Gasteiger partial charge on any atom is 0.417 e. The van der Waals surface area contributed by atoms with E-state index >= 15 is 0 Å². The Bertz CT molecular complexity index is 1270. The molecule has 3 atom stereocenters. The summed E-state index contributed by atoms with van der Waals surface area (Å²) in [5.41, 5.74) is -2.91. The minimum atomic E-state index is -4.84. The molecule has 3 heterocycles. The summed E-state index contributed by atoms with van der Waals surface area (Å²) in [4.78, 5) is 18.7. The average Bonchev–Trinajstić information content (AvgIpc) is 3.36. The molecule has 34 heavy (non-hydrogen) atoms. The smallest absolute Gasteiger partial charge is 0.417 e. The van der Waals surface area contributed by atoms with Crippen LogP contribution in [-0.4, -0.2) is 41.9 Å². The van der Waals surface area contributed by atoms with Crippen LogP contribution >= 0.6 is 0 Å². The monoisotopic (exact) mass is 479 g/mol. The topological polar surface area (TPSA) is 102 Å². The number of carbonyl (C=O) groups is 1. The van der Waals surface area contributed by atoms with Crippen LogP contribution in [0.1, 0.15) is 43.5 Å². The van der Waals surface area contributed by atoms with Gasteiger partial charge in [0, 0.05) is 32.0 Å². The highest BCUT2D eigenvalue weighted by Crippen LogP contribution is 2.55. The highest BCUT2D eigenvalue weighted by molar-refractivity contribution is 5.92. The number of hydrogen-bond donors (Lipinski definition) is 1. The maximum absolute atomic E-state index is 14.8. The molecule has 2 fully saturated rings. The number of benzene rings is 1. The van der Waals surface area contributed by atoms with Crippen molar-refractivity contribution in [2.24, 2.45) is 13.0 Å². The molecule has 0 unspecified atom stereocenters. The summed E-state index contributed by atoms with van der Waals surface area (Å²) < 4.78 is 62.4. The number of carbonyl (C=O) groups excluding carboxylic acids is 1. The van der Waals surface area contributed by atoms with Crippen molar-refractivity contribution in [3.05, 3.63) is 41.6 Å². The Balaban J connectivity index is 1.50. The number of nitrogens with zero attached hydrogens (tertiary/aromatic N) is 6. The third-order valence-corrected chi connectivity index (χ3v) is 6.40. The first-order chi connectivity index (χ1) is 16.0. The van der Waals surface area contributed by atoms with E-state index in [-0.39, 0.29) is 11.9 Å². The minimum absolute atomic E-state index is 0.134. The van der Waals surface area contributed by atoms with E-state index in [1.807, 2.05) is 0 Å². The number of amides is 2. The second-order valence-electron chi connectivity index (χ2n) is 8.98. The molecule has 1 aliphatic heterocycles. The molecule has 0 radical (unpaired) electrons. The molecule has 1 aliphatic carbocycles. The Kier molecular flexibility index (Phi) is 4.92. The summed E-state index contributed by atoms with van der Waals surface area (Å²) in [7, 11) is 1.50. The molecule has 9 nitrogen and oxygen atoms in total. The van der Waals surface area contributed by atoms with Gasteiger partial charge >= 0.3 is 12.2 Å². The molecule has 1 saturated carbocycles. The second kappa shape index (κ2) is 7.50. The van der Waals surface area contributed by atoms with Gasteiger partial charge in [-0.2, -0.15) is 18.3 Å². The Morgan fingerprint density at radius 1 is 1.26 bits per heavy atom. The van der Waals surface area contributed by atoms with Gasteiger partial charge in [0.2, 0.25) is 11.8 Å². The van der Waals surface area contributed by atoms with E-state index in [2.05, 4.69) is 32.5 Å². The van der Waals surface area contributed by atoms with Crippen LogP contribution in [0, 0.1) is 18.7 Å². The first-order valence-electron chi connectivity index (χ1n) is 10.7. The van der Waals surface area contributed by atoms with Gasteiger partial charge in [-0.3, -0.25) is 4.68 Å². The Hall–Kier alpha value is -3.51. The Morgan fingerprint density at radius 2 is 2.03 bits per heavy atom. The molecule has 2 aromatic heterocycles. The van der Waals surface area contributed by atoms with Crippen molar-refractivity contribution in [2.75, 3.05) is 5.32 Å². The second-order valence-corrected chi connectivity index (χ2v) is 8.98. The molecular weight excluding hydrogens is 458 g/mol.